The van der Waals surface area contributed by atoms with Crippen molar-refractivity contribution in [3.05, 3.63) is 60.8 Å². The zero-order chi connectivity index (χ0) is 19.2. The van der Waals surface area contributed by atoms with Crippen molar-refractivity contribution >= 4 is 22.8 Å². The van der Waals surface area contributed by atoms with Gasteiger partial charge in [-0.2, -0.15) is 0 Å². The van der Waals surface area contributed by atoms with E-state index in [1.54, 1.807) is 42.8 Å². The largest absolute Gasteiger partial charge is 0.354 e. The standard InChI is InChI=1S/C20H24N6O/c1-15(2)7-10-26(19-17-6-9-22-18(17)23-14-24-19)12-11-25(3)20(27)16-5-4-8-21-13-16/h4-6,8-9,13-14H,1,7,10-12H2,2-3H3,(H,22,23,24). The molecule has 0 saturated carbocycles. The second kappa shape index (κ2) is 8.44. The van der Waals surface area contributed by atoms with Gasteiger partial charge in [-0.05, 0) is 31.5 Å². The Bertz CT molecular complexity index is 920. The molecular weight excluding hydrogens is 340 g/mol. The highest BCUT2D eigenvalue weighted by atomic mass is 16.2. The number of hydrogen-bond acceptors (Lipinski definition) is 5. The first-order valence-corrected chi connectivity index (χ1v) is 8.89. The molecule has 0 bridgehead atoms. The van der Waals surface area contributed by atoms with Crippen LogP contribution in [0, 0.1) is 0 Å². The number of nitrogens with zero attached hydrogens (tertiary/aromatic N) is 5. The molecule has 7 heteroatoms. The first-order chi connectivity index (χ1) is 13.1. The monoisotopic (exact) mass is 364 g/mol. The predicted octanol–water partition coefficient (Wildman–Crippen LogP) is 2.90. The lowest BCUT2D eigenvalue weighted by molar-refractivity contribution is 0.0798. The minimum Gasteiger partial charge on any atom is -0.354 e. The molecular formula is C20H24N6O. The molecule has 0 saturated heterocycles. The summed E-state index contributed by atoms with van der Waals surface area (Å²) in [5, 5.41) is 0.973. The maximum Gasteiger partial charge on any atom is 0.255 e. The number of carbonyl (C=O) groups excluding carboxylic acids is 1. The van der Waals surface area contributed by atoms with Gasteiger partial charge in [0.25, 0.3) is 5.91 Å². The molecule has 140 valence electrons. The van der Waals surface area contributed by atoms with E-state index in [9.17, 15) is 4.79 Å². The van der Waals surface area contributed by atoms with Crippen LogP contribution in [-0.4, -0.2) is 57.4 Å². The number of fused-ring (bicyclic) bond motifs is 1. The van der Waals surface area contributed by atoms with Gasteiger partial charge in [-0.15, -0.1) is 6.58 Å². The van der Waals surface area contributed by atoms with E-state index in [1.807, 2.05) is 19.2 Å². The maximum atomic E-state index is 12.6. The van der Waals surface area contributed by atoms with Crippen molar-refractivity contribution < 1.29 is 4.79 Å². The lowest BCUT2D eigenvalue weighted by atomic mass is 10.2. The molecule has 0 atom stereocenters. The fraction of sp³-hybridized carbons (Fsp3) is 0.300. The molecule has 0 aliphatic rings. The number of anilines is 1. The van der Waals surface area contributed by atoms with Crippen molar-refractivity contribution in [1.82, 2.24) is 24.8 Å². The van der Waals surface area contributed by atoms with E-state index in [2.05, 4.69) is 31.4 Å². The van der Waals surface area contributed by atoms with Crippen molar-refractivity contribution in [2.45, 2.75) is 13.3 Å². The van der Waals surface area contributed by atoms with E-state index in [-0.39, 0.29) is 5.91 Å². The van der Waals surface area contributed by atoms with Crippen molar-refractivity contribution in [1.29, 1.82) is 0 Å². The van der Waals surface area contributed by atoms with Crippen LogP contribution in [0.5, 0.6) is 0 Å². The summed E-state index contributed by atoms with van der Waals surface area (Å²) in [4.78, 5) is 32.3. The Hall–Kier alpha value is -3.22. The van der Waals surface area contributed by atoms with Gasteiger partial charge >= 0.3 is 0 Å². The summed E-state index contributed by atoms with van der Waals surface area (Å²) in [6.07, 6.45) is 7.53. The zero-order valence-electron chi connectivity index (χ0n) is 15.7. The summed E-state index contributed by atoms with van der Waals surface area (Å²) in [5.41, 5.74) is 2.50. The third-order valence-electron chi connectivity index (χ3n) is 4.40. The molecule has 0 aliphatic carbocycles. The van der Waals surface area contributed by atoms with Gasteiger partial charge in [0.1, 0.15) is 17.8 Å². The topological polar surface area (TPSA) is 78.0 Å². The average Bonchev–Trinajstić information content (AvgIpc) is 3.17. The van der Waals surface area contributed by atoms with E-state index in [1.165, 1.54) is 0 Å². The van der Waals surface area contributed by atoms with Crippen LogP contribution in [0.4, 0.5) is 5.82 Å². The first-order valence-electron chi connectivity index (χ1n) is 8.89. The Balaban J connectivity index is 1.75. The van der Waals surface area contributed by atoms with Crippen LogP contribution in [0.25, 0.3) is 11.0 Å². The van der Waals surface area contributed by atoms with Gasteiger partial charge in [-0.3, -0.25) is 9.78 Å². The van der Waals surface area contributed by atoms with Crippen LogP contribution in [-0.2, 0) is 0 Å². The van der Waals surface area contributed by atoms with Crippen LogP contribution in [0.1, 0.15) is 23.7 Å². The second-order valence-electron chi connectivity index (χ2n) is 6.60. The molecule has 3 rings (SSSR count). The van der Waals surface area contributed by atoms with Crippen molar-refractivity contribution in [3.63, 3.8) is 0 Å². The highest BCUT2D eigenvalue weighted by Crippen LogP contribution is 2.22. The molecule has 0 aliphatic heterocycles. The van der Waals surface area contributed by atoms with Gasteiger partial charge < -0.3 is 14.8 Å². The van der Waals surface area contributed by atoms with Gasteiger partial charge in [0.15, 0.2) is 0 Å². The summed E-state index contributed by atoms with van der Waals surface area (Å²) in [6.45, 7) is 8.02. The fourth-order valence-electron chi connectivity index (χ4n) is 2.84. The SMILES string of the molecule is C=C(C)CCN(CCN(C)C(=O)c1cccnc1)c1ncnc2[nH]ccc12. The number of carbonyl (C=O) groups is 1. The van der Waals surface area contributed by atoms with Crippen LogP contribution in [0.15, 0.2) is 55.3 Å². The van der Waals surface area contributed by atoms with Crippen LogP contribution < -0.4 is 4.90 Å². The molecule has 7 nitrogen and oxygen atoms in total. The molecule has 1 N–H and O–H groups in total. The van der Waals surface area contributed by atoms with Gasteiger partial charge in [-0.1, -0.05) is 5.57 Å². The maximum absolute atomic E-state index is 12.6. The van der Waals surface area contributed by atoms with E-state index in [4.69, 9.17) is 0 Å². The molecule has 0 spiro atoms. The molecule has 3 aromatic rings. The highest BCUT2D eigenvalue weighted by Gasteiger charge is 2.16. The van der Waals surface area contributed by atoms with Gasteiger partial charge in [0, 0.05) is 45.3 Å². The van der Waals surface area contributed by atoms with E-state index >= 15 is 0 Å². The quantitative estimate of drug-likeness (QED) is 0.622. The molecule has 27 heavy (non-hydrogen) atoms. The molecule has 3 heterocycles. The lowest BCUT2D eigenvalue weighted by Gasteiger charge is -2.27. The highest BCUT2D eigenvalue weighted by molar-refractivity contribution is 5.93. The normalized spacial score (nSPS) is 10.7. The minimum absolute atomic E-state index is 0.0440. The molecule has 0 radical (unpaired) electrons. The van der Waals surface area contributed by atoms with Crippen molar-refractivity contribution in [2.24, 2.45) is 0 Å². The fourth-order valence-corrected chi connectivity index (χ4v) is 2.84. The summed E-state index contributed by atoms with van der Waals surface area (Å²) >= 11 is 0. The van der Waals surface area contributed by atoms with Crippen LogP contribution >= 0.6 is 0 Å². The smallest absolute Gasteiger partial charge is 0.255 e. The second-order valence-corrected chi connectivity index (χ2v) is 6.60. The van der Waals surface area contributed by atoms with E-state index < -0.39 is 0 Å². The summed E-state index contributed by atoms with van der Waals surface area (Å²) < 4.78 is 0. The van der Waals surface area contributed by atoms with Gasteiger partial charge in [0.2, 0.25) is 0 Å². The average molecular weight is 364 g/mol. The van der Waals surface area contributed by atoms with Crippen molar-refractivity contribution in [2.75, 3.05) is 31.6 Å². The lowest BCUT2D eigenvalue weighted by Crippen LogP contribution is -2.37. The Labute approximate surface area is 158 Å². The predicted molar refractivity (Wildman–Crippen MR) is 107 cm³/mol. The van der Waals surface area contributed by atoms with E-state index in [0.717, 1.165) is 35.4 Å². The number of likely N-dealkylation sites (N-methyl/N-ethyl adjacent to an activating group) is 1. The number of aromatic amines is 1. The number of rotatable bonds is 8. The number of amides is 1. The minimum atomic E-state index is -0.0440. The summed E-state index contributed by atoms with van der Waals surface area (Å²) in [5.74, 6) is 0.821. The zero-order valence-corrected chi connectivity index (χ0v) is 15.7. The van der Waals surface area contributed by atoms with Crippen molar-refractivity contribution in [3.8, 4) is 0 Å². The first kappa shape index (κ1) is 18.6. The third kappa shape index (κ3) is 4.49. The molecule has 0 fully saturated rings. The number of hydrogen-bond donors (Lipinski definition) is 1. The number of nitrogens with one attached hydrogen (secondary N) is 1. The Morgan fingerprint density at radius 3 is 2.81 bits per heavy atom. The number of H-pyrrole nitrogens is 1. The Morgan fingerprint density at radius 1 is 1.22 bits per heavy atom. The van der Waals surface area contributed by atoms with Gasteiger partial charge in [-0.25, -0.2) is 9.97 Å². The number of pyridine rings is 1. The van der Waals surface area contributed by atoms with Crippen LogP contribution in [0.2, 0.25) is 0 Å². The Morgan fingerprint density at radius 2 is 2.07 bits per heavy atom. The Kier molecular flexibility index (Phi) is 5.80. The van der Waals surface area contributed by atoms with Crippen LogP contribution in [0.3, 0.4) is 0 Å². The molecule has 0 aromatic carbocycles. The molecule has 3 aromatic heterocycles. The number of aromatic nitrogens is 4. The summed E-state index contributed by atoms with van der Waals surface area (Å²) in [6, 6.07) is 5.52. The van der Waals surface area contributed by atoms with Gasteiger partial charge in [0.05, 0.1) is 10.9 Å². The van der Waals surface area contributed by atoms with E-state index in [0.29, 0.717) is 18.7 Å². The molecule has 0 unspecified atom stereocenters. The molecule has 1 amide bonds. The third-order valence-corrected chi connectivity index (χ3v) is 4.40. The summed E-state index contributed by atoms with van der Waals surface area (Å²) in [7, 11) is 1.80.